The van der Waals surface area contributed by atoms with Gasteiger partial charge in [-0.15, -0.1) is 11.3 Å². The van der Waals surface area contributed by atoms with Crippen molar-refractivity contribution in [1.29, 1.82) is 0 Å². The van der Waals surface area contributed by atoms with Gasteiger partial charge < -0.3 is 10.6 Å². The summed E-state index contributed by atoms with van der Waals surface area (Å²) in [5, 5.41) is 1.11. The third-order valence-electron chi connectivity index (χ3n) is 2.99. The van der Waals surface area contributed by atoms with Crippen LogP contribution < -0.4 is 10.6 Å². The minimum absolute atomic E-state index is 0.534. The Labute approximate surface area is 103 Å². The number of nitrogens with zero attached hydrogens (tertiary/aromatic N) is 2. The Hall–Kier alpha value is -0.610. The van der Waals surface area contributed by atoms with Crippen molar-refractivity contribution in [2.24, 2.45) is 5.73 Å². The van der Waals surface area contributed by atoms with Crippen LogP contribution in [0.1, 0.15) is 44.2 Å². The molecule has 92 valence electrons. The summed E-state index contributed by atoms with van der Waals surface area (Å²) in [7, 11) is 2.11. The quantitative estimate of drug-likeness (QED) is 0.832. The third kappa shape index (κ3) is 2.95. The maximum Gasteiger partial charge on any atom is 0.185 e. The zero-order valence-electron chi connectivity index (χ0n) is 10.8. The lowest BCUT2D eigenvalue weighted by Gasteiger charge is -2.22. The van der Waals surface area contributed by atoms with E-state index in [0.717, 1.165) is 24.4 Å². The number of rotatable bonds is 6. The molecule has 0 aliphatic heterocycles. The Morgan fingerprint density at radius 1 is 1.44 bits per heavy atom. The maximum absolute atomic E-state index is 5.75. The van der Waals surface area contributed by atoms with Crippen LogP contribution in [0.25, 0.3) is 0 Å². The van der Waals surface area contributed by atoms with Gasteiger partial charge in [0.15, 0.2) is 5.13 Å². The predicted molar refractivity (Wildman–Crippen MR) is 72.2 cm³/mol. The highest BCUT2D eigenvalue weighted by atomic mass is 32.1. The number of aromatic nitrogens is 1. The zero-order valence-corrected chi connectivity index (χ0v) is 11.6. The van der Waals surface area contributed by atoms with E-state index in [1.54, 1.807) is 11.3 Å². The largest absolute Gasteiger partial charge is 0.348 e. The van der Waals surface area contributed by atoms with Crippen molar-refractivity contribution < 1.29 is 0 Å². The second-order valence-electron chi connectivity index (χ2n) is 4.19. The molecule has 0 spiro atoms. The van der Waals surface area contributed by atoms with Gasteiger partial charge >= 0.3 is 0 Å². The van der Waals surface area contributed by atoms with Crippen LogP contribution in [-0.2, 0) is 13.0 Å². The third-order valence-corrected chi connectivity index (χ3v) is 4.20. The fourth-order valence-electron chi connectivity index (χ4n) is 1.57. The summed E-state index contributed by atoms with van der Waals surface area (Å²) >= 11 is 1.74. The number of aryl methyl sites for hydroxylation is 1. The first-order chi connectivity index (χ1) is 7.63. The zero-order chi connectivity index (χ0) is 12.1. The van der Waals surface area contributed by atoms with E-state index in [4.69, 9.17) is 10.7 Å². The van der Waals surface area contributed by atoms with Gasteiger partial charge in [-0.05, 0) is 19.8 Å². The van der Waals surface area contributed by atoms with Crippen molar-refractivity contribution in [2.45, 2.75) is 52.6 Å². The van der Waals surface area contributed by atoms with Crippen LogP contribution in [0.2, 0.25) is 0 Å². The molecular formula is C12H23N3S. The van der Waals surface area contributed by atoms with Crippen molar-refractivity contribution in [3.05, 3.63) is 10.6 Å². The van der Waals surface area contributed by atoms with E-state index in [-0.39, 0.29) is 0 Å². The summed E-state index contributed by atoms with van der Waals surface area (Å²) in [4.78, 5) is 8.20. The molecule has 0 radical (unpaired) electrons. The number of anilines is 1. The summed E-state index contributed by atoms with van der Waals surface area (Å²) in [5.74, 6) is 0. The monoisotopic (exact) mass is 241 g/mol. The molecule has 0 saturated carbocycles. The lowest BCUT2D eigenvalue weighted by Crippen LogP contribution is -2.27. The Morgan fingerprint density at radius 3 is 2.62 bits per heavy atom. The normalized spacial score (nSPS) is 12.8. The van der Waals surface area contributed by atoms with Crippen molar-refractivity contribution in [1.82, 2.24) is 4.98 Å². The van der Waals surface area contributed by atoms with E-state index in [9.17, 15) is 0 Å². The summed E-state index contributed by atoms with van der Waals surface area (Å²) in [6.07, 6.45) is 3.30. The van der Waals surface area contributed by atoms with Crippen LogP contribution in [-0.4, -0.2) is 18.1 Å². The summed E-state index contributed by atoms with van der Waals surface area (Å²) in [5.41, 5.74) is 6.95. The fourth-order valence-corrected chi connectivity index (χ4v) is 2.62. The maximum atomic E-state index is 5.75. The van der Waals surface area contributed by atoms with Gasteiger partial charge in [0.25, 0.3) is 0 Å². The molecule has 1 unspecified atom stereocenters. The number of thiazole rings is 1. The van der Waals surface area contributed by atoms with Gasteiger partial charge in [-0.3, -0.25) is 0 Å². The molecule has 1 aromatic rings. The average Bonchev–Trinajstić information content (AvgIpc) is 2.70. The first-order valence-electron chi connectivity index (χ1n) is 6.05. The van der Waals surface area contributed by atoms with Crippen molar-refractivity contribution >= 4 is 16.5 Å². The standard InChI is InChI=1S/C12H23N3S/c1-5-7-10-11(8-13)16-12(14-10)15(4)9(3)6-2/h9H,5-8,13H2,1-4H3. The molecule has 0 amide bonds. The SMILES string of the molecule is CCCc1nc(N(C)C(C)CC)sc1CN. The Bertz CT molecular complexity index is 322. The molecule has 3 nitrogen and oxygen atoms in total. The van der Waals surface area contributed by atoms with Gasteiger partial charge in [-0.2, -0.15) is 0 Å². The van der Waals surface area contributed by atoms with Crippen LogP contribution in [0.3, 0.4) is 0 Å². The van der Waals surface area contributed by atoms with E-state index >= 15 is 0 Å². The number of nitrogens with two attached hydrogens (primary N) is 1. The summed E-state index contributed by atoms with van der Waals surface area (Å²) < 4.78 is 0. The topological polar surface area (TPSA) is 42.2 Å². The van der Waals surface area contributed by atoms with Crippen molar-refractivity contribution in [3.63, 3.8) is 0 Å². The van der Waals surface area contributed by atoms with Crippen molar-refractivity contribution in [3.8, 4) is 0 Å². The number of hydrogen-bond acceptors (Lipinski definition) is 4. The lowest BCUT2D eigenvalue weighted by atomic mass is 10.2. The first-order valence-corrected chi connectivity index (χ1v) is 6.87. The molecule has 2 N–H and O–H groups in total. The first kappa shape index (κ1) is 13.5. The van der Waals surface area contributed by atoms with Gasteiger partial charge in [-0.1, -0.05) is 20.3 Å². The second-order valence-corrected chi connectivity index (χ2v) is 5.25. The van der Waals surface area contributed by atoms with E-state index < -0.39 is 0 Å². The Balaban J connectivity index is 2.89. The molecule has 16 heavy (non-hydrogen) atoms. The Morgan fingerprint density at radius 2 is 2.12 bits per heavy atom. The van der Waals surface area contributed by atoms with E-state index in [0.29, 0.717) is 12.6 Å². The molecule has 0 aliphatic carbocycles. The van der Waals surface area contributed by atoms with Gasteiger partial charge in [0.1, 0.15) is 0 Å². The molecule has 1 rings (SSSR count). The van der Waals surface area contributed by atoms with Gasteiger partial charge in [0.05, 0.1) is 5.69 Å². The van der Waals surface area contributed by atoms with Crippen LogP contribution in [0.15, 0.2) is 0 Å². The molecule has 0 aromatic carbocycles. The second kappa shape index (κ2) is 6.21. The summed E-state index contributed by atoms with van der Waals surface area (Å²) in [6.45, 7) is 7.22. The summed E-state index contributed by atoms with van der Waals surface area (Å²) in [6, 6.07) is 0.534. The van der Waals surface area contributed by atoms with Gasteiger partial charge in [-0.25, -0.2) is 4.98 Å². The van der Waals surface area contributed by atoms with Crippen molar-refractivity contribution in [2.75, 3.05) is 11.9 Å². The highest BCUT2D eigenvalue weighted by molar-refractivity contribution is 7.15. The molecule has 1 heterocycles. The molecule has 0 aliphatic rings. The molecular weight excluding hydrogens is 218 g/mol. The highest BCUT2D eigenvalue weighted by Crippen LogP contribution is 2.27. The smallest absolute Gasteiger partial charge is 0.185 e. The number of hydrogen-bond donors (Lipinski definition) is 1. The van der Waals surface area contributed by atoms with Crippen LogP contribution >= 0.6 is 11.3 Å². The predicted octanol–water partition coefficient (Wildman–Crippen LogP) is 2.79. The molecule has 1 aromatic heterocycles. The fraction of sp³-hybridized carbons (Fsp3) is 0.750. The van der Waals surface area contributed by atoms with Crippen LogP contribution in [0.4, 0.5) is 5.13 Å². The average molecular weight is 241 g/mol. The van der Waals surface area contributed by atoms with Crippen LogP contribution in [0, 0.1) is 0 Å². The minimum atomic E-state index is 0.534. The molecule has 4 heteroatoms. The van der Waals surface area contributed by atoms with Crippen LogP contribution in [0.5, 0.6) is 0 Å². The minimum Gasteiger partial charge on any atom is -0.348 e. The lowest BCUT2D eigenvalue weighted by molar-refractivity contribution is 0.661. The van der Waals surface area contributed by atoms with Gasteiger partial charge in [0, 0.05) is 24.5 Å². The molecule has 0 fully saturated rings. The molecule has 0 saturated heterocycles. The Kier molecular flexibility index (Phi) is 5.22. The highest BCUT2D eigenvalue weighted by Gasteiger charge is 2.15. The van der Waals surface area contributed by atoms with E-state index in [1.807, 2.05) is 0 Å². The molecule has 1 atom stereocenters. The van der Waals surface area contributed by atoms with E-state index in [1.165, 1.54) is 10.6 Å². The van der Waals surface area contributed by atoms with E-state index in [2.05, 4.69) is 32.7 Å². The van der Waals surface area contributed by atoms with Gasteiger partial charge in [0.2, 0.25) is 0 Å². The molecule has 0 bridgehead atoms.